The minimum absolute atomic E-state index is 0.0689. The number of hydrogen-bond donors (Lipinski definition) is 1. The topological polar surface area (TPSA) is 66.5 Å². The van der Waals surface area contributed by atoms with Crippen LogP contribution < -0.4 is 5.32 Å². The third-order valence-corrected chi connectivity index (χ3v) is 3.87. The number of amides is 3. The Morgan fingerprint density at radius 1 is 1.04 bits per heavy atom. The van der Waals surface area contributed by atoms with Crippen LogP contribution in [0.3, 0.4) is 0 Å². The van der Waals surface area contributed by atoms with Gasteiger partial charge in [-0.15, -0.1) is 0 Å². The van der Waals surface area contributed by atoms with E-state index < -0.39 is 0 Å². The first-order valence-electron chi connectivity index (χ1n) is 8.22. The van der Waals surface area contributed by atoms with Crippen LogP contribution in [-0.2, 0) is 4.79 Å². The molecule has 0 unspecified atom stereocenters. The lowest BCUT2D eigenvalue weighted by Gasteiger charge is -2.13. The first-order valence-corrected chi connectivity index (χ1v) is 8.22. The second-order valence-electron chi connectivity index (χ2n) is 6.32. The van der Waals surface area contributed by atoms with E-state index in [9.17, 15) is 14.4 Å². The Hall–Kier alpha value is -2.17. The van der Waals surface area contributed by atoms with E-state index in [1.54, 1.807) is 24.3 Å². The molecule has 0 spiro atoms. The smallest absolute Gasteiger partial charge is 0.261 e. The van der Waals surface area contributed by atoms with Crippen molar-refractivity contribution in [1.82, 2.24) is 10.2 Å². The van der Waals surface area contributed by atoms with Crippen molar-refractivity contribution in [3.63, 3.8) is 0 Å². The van der Waals surface area contributed by atoms with Crippen molar-refractivity contribution in [1.29, 1.82) is 0 Å². The minimum atomic E-state index is -0.208. The van der Waals surface area contributed by atoms with Crippen LogP contribution in [0, 0.1) is 5.92 Å². The second-order valence-corrected chi connectivity index (χ2v) is 6.32. The number of imide groups is 1. The standard InChI is InChI=1S/C18H24N2O3/c1-13(2)12-19-16(21)10-4-3-7-11-20-17(22)14-8-5-6-9-15(14)18(20)23/h5-6,8-9,13H,3-4,7,10-12H2,1-2H3,(H,19,21). The van der Waals surface area contributed by atoms with Crippen LogP contribution in [0.15, 0.2) is 24.3 Å². The average molecular weight is 316 g/mol. The van der Waals surface area contributed by atoms with Gasteiger partial charge in [0.05, 0.1) is 11.1 Å². The van der Waals surface area contributed by atoms with Crippen LogP contribution in [0.5, 0.6) is 0 Å². The number of unbranched alkanes of at least 4 members (excludes halogenated alkanes) is 2. The summed E-state index contributed by atoms with van der Waals surface area (Å²) in [5, 5.41) is 2.88. The van der Waals surface area contributed by atoms with E-state index in [0.717, 1.165) is 19.3 Å². The van der Waals surface area contributed by atoms with Crippen molar-refractivity contribution < 1.29 is 14.4 Å². The number of carbonyl (C=O) groups is 3. The fraction of sp³-hybridized carbons (Fsp3) is 0.500. The molecule has 3 amide bonds. The summed E-state index contributed by atoms with van der Waals surface area (Å²) in [5.74, 6) is 0.104. The van der Waals surface area contributed by atoms with Gasteiger partial charge in [0.15, 0.2) is 0 Å². The average Bonchev–Trinajstić information content (AvgIpc) is 2.77. The molecule has 124 valence electrons. The van der Waals surface area contributed by atoms with Crippen molar-refractivity contribution in [2.75, 3.05) is 13.1 Å². The maximum atomic E-state index is 12.2. The van der Waals surface area contributed by atoms with Gasteiger partial charge in [-0.25, -0.2) is 0 Å². The zero-order chi connectivity index (χ0) is 16.8. The molecule has 1 N–H and O–H groups in total. The summed E-state index contributed by atoms with van der Waals surface area (Å²) in [6, 6.07) is 6.91. The Morgan fingerprint density at radius 3 is 2.22 bits per heavy atom. The lowest BCUT2D eigenvalue weighted by molar-refractivity contribution is -0.121. The summed E-state index contributed by atoms with van der Waals surface area (Å²) in [7, 11) is 0. The number of nitrogens with zero attached hydrogens (tertiary/aromatic N) is 1. The number of nitrogens with one attached hydrogen (secondary N) is 1. The lowest BCUT2D eigenvalue weighted by atomic mass is 10.1. The maximum Gasteiger partial charge on any atom is 0.261 e. The van der Waals surface area contributed by atoms with Crippen molar-refractivity contribution >= 4 is 17.7 Å². The molecule has 1 aromatic carbocycles. The Kier molecular flexibility index (Phi) is 5.90. The molecule has 1 aromatic rings. The predicted octanol–water partition coefficient (Wildman–Crippen LogP) is 2.62. The fourth-order valence-electron chi connectivity index (χ4n) is 2.58. The molecule has 0 aliphatic carbocycles. The van der Waals surface area contributed by atoms with Crippen molar-refractivity contribution in [2.24, 2.45) is 5.92 Å². The summed E-state index contributed by atoms with van der Waals surface area (Å²) in [6.07, 6.45) is 2.81. The van der Waals surface area contributed by atoms with Crippen LogP contribution in [0.1, 0.15) is 60.2 Å². The van der Waals surface area contributed by atoms with E-state index in [2.05, 4.69) is 19.2 Å². The monoisotopic (exact) mass is 316 g/mol. The van der Waals surface area contributed by atoms with E-state index in [0.29, 0.717) is 36.6 Å². The number of benzene rings is 1. The third kappa shape index (κ3) is 4.41. The zero-order valence-electron chi connectivity index (χ0n) is 13.8. The largest absolute Gasteiger partial charge is 0.356 e. The molecule has 0 bridgehead atoms. The molecule has 1 aliphatic heterocycles. The quantitative estimate of drug-likeness (QED) is 0.592. The Morgan fingerprint density at radius 2 is 1.65 bits per heavy atom. The Balaban J connectivity index is 1.69. The number of fused-ring (bicyclic) bond motifs is 1. The van der Waals surface area contributed by atoms with Gasteiger partial charge < -0.3 is 5.32 Å². The maximum absolute atomic E-state index is 12.2. The van der Waals surface area contributed by atoms with Crippen LogP contribution in [0.2, 0.25) is 0 Å². The van der Waals surface area contributed by atoms with Crippen molar-refractivity contribution in [3.05, 3.63) is 35.4 Å². The van der Waals surface area contributed by atoms with E-state index in [-0.39, 0.29) is 17.7 Å². The van der Waals surface area contributed by atoms with Gasteiger partial charge in [-0.1, -0.05) is 32.4 Å². The first kappa shape index (κ1) is 17.2. The lowest BCUT2D eigenvalue weighted by Crippen LogP contribution is -2.30. The van der Waals surface area contributed by atoms with E-state index >= 15 is 0 Å². The SMILES string of the molecule is CC(C)CNC(=O)CCCCCN1C(=O)c2ccccc2C1=O. The van der Waals surface area contributed by atoms with Gasteiger partial charge in [-0.3, -0.25) is 19.3 Å². The molecule has 2 rings (SSSR count). The summed E-state index contributed by atoms with van der Waals surface area (Å²) in [4.78, 5) is 37.2. The molecule has 0 aromatic heterocycles. The molecule has 0 atom stereocenters. The molecule has 23 heavy (non-hydrogen) atoms. The molecule has 0 fully saturated rings. The van der Waals surface area contributed by atoms with Gasteiger partial charge in [-0.2, -0.15) is 0 Å². The van der Waals surface area contributed by atoms with Gasteiger partial charge in [0.2, 0.25) is 5.91 Å². The van der Waals surface area contributed by atoms with Crippen molar-refractivity contribution in [3.8, 4) is 0 Å². The molecule has 0 saturated carbocycles. The van der Waals surface area contributed by atoms with Crippen LogP contribution in [-0.4, -0.2) is 35.7 Å². The number of carbonyl (C=O) groups excluding carboxylic acids is 3. The second kappa shape index (κ2) is 7.90. The fourth-order valence-corrected chi connectivity index (χ4v) is 2.58. The summed E-state index contributed by atoms with van der Waals surface area (Å²) in [5.41, 5.74) is 0.983. The molecule has 0 saturated heterocycles. The third-order valence-electron chi connectivity index (χ3n) is 3.87. The molecule has 5 nitrogen and oxygen atoms in total. The molecular formula is C18H24N2O3. The number of hydrogen-bond acceptors (Lipinski definition) is 3. The van der Waals surface area contributed by atoms with E-state index in [4.69, 9.17) is 0 Å². The van der Waals surface area contributed by atoms with Crippen LogP contribution >= 0.6 is 0 Å². The highest BCUT2D eigenvalue weighted by Gasteiger charge is 2.34. The van der Waals surface area contributed by atoms with Gasteiger partial charge in [0, 0.05) is 19.5 Å². The Bertz CT molecular complexity index is 561. The van der Waals surface area contributed by atoms with Crippen molar-refractivity contribution in [2.45, 2.75) is 39.5 Å². The van der Waals surface area contributed by atoms with Crippen LogP contribution in [0.4, 0.5) is 0 Å². The minimum Gasteiger partial charge on any atom is -0.356 e. The van der Waals surface area contributed by atoms with E-state index in [1.165, 1.54) is 4.90 Å². The molecule has 1 aliphatic rings. The highest BCUT2D eigenvalue weighted by molar-refractivity contribution is 6.21. The molecule has 0 radical (unpaired) electrons. The Labute approximate surface area is 137 Å². The predicted molar refractivity (Wildman–Crippen MR) is 88.1 cm³/mol. The highest BCUT2D eigenvalue weighted by atomic mass is 16.2. The summed E-state index contributed by atoms with van der Waals surface area (Å²) in [6.45, 7) is 5.23. The van der Waals surface area contributed by atoms with Crippen LogP contribution in [0.25, 0.3) is 0 Å². The summed E-state index contributed by atoms with van der Waals surface area (Å²) >= 11 is 0. The first-order chi connectivity index (χ1) is 11.0. The molecule has 1 heterocycles. The summed E-state index contributed by atoms with van der Waals surface area (Å²) < 4.78 is 0. The normalized spacial score (nSPS) is 13.6. The number of rotatable bonds is 8. The zero-order valence-corrected chi connectivity index (χ0v) is 13.8. The van der Waals surface area contributed by atoms with Gasteiger partial charge in [0.25, 0.3) is 11.8 Å². The van der Waals surface area contributed by atoms with Gasteiger partial charge in [-0.05, 0) is 30.9 Å². The highest BCUT2D eigenvalue weighted by Crippen LogP contribution is 2.22. The van der Waals surface area contributed by atoms with E-state index in [1.807, 2.05) is 0 Å². The van der Waals surface area contributed by atoms with Gasteiger partial charge >= 0.3 is 0 Å². The molecule has 5 heteroatoms. The molecular weight excluding hydrogens is 292 g/mol. The van der Waals surface area contributed by atoms with Gasteiger partial charge in [0.1, 0.15) is 0 Å².